The number of pyridine rings is 1. The Morgan fingerprint density at radius 3 is 3.00 bits per heavy atom. The molecular formula is C15H15N3O2. The quantitative estimate of drug-likeness (QED) is 0.830. The van der Waals surface area contributed by atoms with Crippen molar-refractivity contribution in [3.63, 3.8) is 0 Å². The number of aryl methyl sites for hydroxylation is 1. The zero-order valence-electron chi connectivity index (χ0n) is 11.1. The number of nitrogens with one attached hydrogen (secondary N) is 1. The van der Waals surface area contributed by atoms with Gasteiger partial charge < -0.3 is 15.0 Å². The molecule has 0 saturated heterocycles. The Morgan fingerprint density at radius 1 is 1.40 bits per heavy atom. The van der Waals surface area contributed by atoms with Crippen molar-refractivity contribution >= 4 is 11.7 Å². The number of anilines is 1. The number of nitrogens with zero attached hydrogens (tertiary/aromatic N) is 2. The Hall–Kier alpha value is -2.58. The molecule has 0 fully saturated rings. The van der Waals surface area contributed by atoms with E-state index in [2.05, 4.69) is 22.1 Å². The fourth-order valence-electron chi connectivity index (χ4n) is 1.78. The predicted molar refractivity (Wildman–Crippen MR) is 76.3 cm³/mol. The third-order valence-electron chi connectivity index (χ3n) is 2.69. The summed E-state index contributed by atoms with van der Waals surface area (Å²) in [7, 11) is 0. The van der Waals surface area contributed by atoms with Gasteiger partial charge in [0.1, 0.15) is 23.8 Å². The van der Waals surface area contributed by atoms with E-state index in [1.54, 1.807) is 24.3 Å². The summed E-state index contributed by atoms with van der Waals surface area (Å²) in [6, 6.07) is 8.75. The first-order valence-electron chi connectivity index (χ1n) is 6.28. The van der Waals surface area contributed by atoms with Gasteiger partial charge >= 0.3 is 0 Å². The van der Waals surface area contributed by atoms with Crippen LogP contribution >= 0.6 is 0 Å². The number of amides is 1. The molecule has 0 aromatic carbocycles. The zero-order chi connectivity index (χ0) is 14.4. The standard InChI is InChI=1S/C15H15N3O2/c1-2-18-10-4-8-13(18)15(20)17-14-9-3-6-12(16-14)7-5-11-19/h3-4,6,8-10,19H,2,11H2,1H3,(H,16,17,20). The van der Waals surface area contributed by atoms with Crippen LogP contribution in [0.1, 0.15) is 23.1 Å². The molecule has 5 heteroatoms. The molecule has 2 heterocycles. The predicted octanol–water partition coefficient (Wildman–Crippen LogP) is 1.50. The average molecular weight is 269 g/mol. The summed E-state index contributed by atoms with van der Waals surface area (Å²) < 4.78 is 1.85. The number of rotatable bonds is 3. The smallest absolute Gasteiger partial charge is 0.273 e. The second-order valence-corrected chi connectivity index (χ2v) is 4.00. The van der Waals surface area contributed by atoms with Crippen LogP contribution in [-0.4, -0.2) is 27.2 Å². The van der Waals surface area contributed by atoms with E-state index in [4.69, 9.17) is 5.11 Å². The van der Waals surface area contributed by atoms with Crippen LogP contribution in [0.15, 0.2) is 36.5 Å². The van der Waals surface area contributed by atoms with Crippen LogP contribution in [0.2, 0.25) is 0 Å². The largest absolute Gasteiger partial charge is 0.384 e. The van der Waals surface area contributed by atoms with Crippen molar-refractivity contribution in [1.82, 2.24) is 9.55 Å². The molecule has 0 unspecified atom stereocenters. The van der Waals surface area contributed by atoms with Crippen LogP contribution in [0, 0.1) is 11.8 Å². The van der Waals surface area contributed by atoms with Gasteiger partial charge in [0.05, 0.1) is 0 Å². The van der Waals surface area contributed by atoms with Crippen molar-refractivity contribution in [3.8, 4) is 11.8 Å². The van der Waals surface area contributed by atoms with Crippen molar-refractivity contribution in [3.05, 3.63) is 47.9 Å². The maximum Gasteiger partial charge on any atom is 0.273 e. The lowest BCUT2D eigenvalue weighted by Crippen LogP contribution is -2.17. The monoisotopic (exact) mass is 269 g/mol. The zero-order valence-corrected chi connectivity index (χ0v) is 11.1. The van der Waals surface area contributed by atoms with Crippen LogP contribution in [0.5, 0.6) is 0 Å². The molecule has 102 valence electrons. The minimum absolute atomic E-state index is 0.211. The van der Waals surface area contributed by atoms with Gasteiger partial charge in [0, 0.05) is 12.7 Å². The van der Waals surface area contributed by atoms with E-state index in [9.17, 15) is 4.79 Å². The van der Waals surface area contributed by atoms with Crippen molar-refractivity contribution in [2.45, 2.75) is 13.5 Å². The number of carbonyl (C=O) groups is 1. The second-order valence-electron chi connectivity index (χ2n) is 4.00. The van der Waals surface area contributed by atoms with Crippen LogP contribution in [0.25, 0.3) is 0 Å². The van der Waals surface area contributed by atoms with Gasteiger partial charge in [-0.1, -0.05) is 12.0 Å². The number of aliphatic hydroxyl groups is 1. The van der Waals surface area contributed by atoms with Crippen LogP contribution in [0.4, 0.5) is 5.82 Å². The average Bonchev–Trinajstić information content (AvgIpc) is 2.94. The molecule has 0 spiro atoms. The molecular weight excluding hydrogens is 254 g/mol. The number of hydrogen-bond acceptors (Lipinski definition) is 3. The molecule has 20 heavy (non-hydrogen) atoms. The van der Waals surface area contributed by atoms with E-state index < -0.39 is 0 Å². The summed E-state index contributed by atoms with van der Waals surface area (Å²) in [5.41, 5.74) is 1.09. The van der Waals surface area contributed by atoms with Gasteiger partial charge in [0.2, 0.25) is 0 Å². The summed E-state index contributed by atoms with van der Waals surface area (Å²) in [6.45, 7) is 2.48. The molecule has 2 rings (SSSR count). The third-order valence-corrected chi connectivity index (χ3v) is 2.69. The van der Waals surface area contributed by atoms with Crippen molar-refractivity contribution < 1.29 is 9.90 Å². The van der Waals surface area contributed by atoms with Gasteiger partial charge in [-0.05, 0) is 37.1 Å². The van der Waals surface area contributed by atoms with Gasteiger partial charge in [0.25, 0.3) is 5.91 Å². The summed E-state index contributed by atoms with van der Waals surface area (Å²) in [5.74, 6) is 5.44. The molecule has 2 aromatic heterocycles. The lowest BCUT2D eigenvalue weighted by molar-refractivity contribution is 0.101. The van der Waals surface area contributed by atoms with Gasteiger partial charge in [0.15, 0.2) is 0 Å². The molecule has 0 atom stereocenters. The molecule has 0 aliphatic carbocycles. The highest BCUT2D eigenvalue weighted by Crippen LogP contribution is 2.08. The fraction of sp³-hybridized carbons (Fsp3) is 0.200. The van der Waals surface area contributed by atoms with Crippen molar-refractivity contribution in [1.29, 1.82) is 0 Å². The molecule has 0 saturated carbocycles. The Balaban J connectivity index is 2.16. The lowest BCUT2D eigenvalue weighted by atomic mass is 10.3. The van der Waals surface area contributed by atoms with Gasteiger partial charge in [-0.15, -0.1) is 0 Å². The van der Waals surface area contributed by atoms with Crippen molar-refractivity contribution in [2.75, 3.05) is 11.9 Å². The van der Waals surface area contributed by atoms with Crippen LogP contribution in [-0.2, 0) is 6.54 Å². The summed E-state index contributed by atoms with van der Waals surface area (Å²) in [4.78, 5) is 16.3. The normalized spacial score (nSPS) is 9.70. The SMILES string of the molecule is CCn1cccc1C(=O)Nc1cccc(C#CCO)n1. The highest BCUT2D eigenvalue weighted by molar-refractivity contribution is 6.02. The van der Waals surface area contributed by atoms with Crippen LogP contribution < -0.4 is 5.32 Å². The number of hydrogen-bond donors (Lipinski definition) is 2. The Kier molecular flexibility index (Phi) is 4.53. The van der Waals surface area contributed by atoms with E-state index in [1.807, 2.05) is 23.8 Å². The third kappa shape index (κ3) is 3.25. The maximum absolute atomic E-state index is 12.1. The van der Waals surface area contributed by atoms with Crippen LogP contribution in [0.3, 0.4) is 0 Å². The van der Waals surface area contributed by atoms with E-state index in [0.717, 1.165) is 6.54 Å². The Labute approximate surface area is 117 Å². The first-order chi connectivity index (χ1) is 9.74. The minimum atomic E-state index is -0.220. The highest BCUT2D eigenvalue weighted by Gasteiger charge is 2.10. The first kappa shape index (κ1) is 13.8. The number of aliphatic hydroxyl groups excluding tert-OH is 1. The number of aromatic nitrogens is 2. The second kappa shape index (κ2) is 6.55. The lowest BCUT2D eigenvalue weighted by Gasteiger charge is -2.07. The molecule has 0 radical (unpaired) electrons. The molecule has 5 nitrogen and oxygen atoms in total. The summed E-state index contributed by atoms with van der Waals surface area (Å²) >= 11 is 0. The first-order valence-corrected chi connectivity index (χ1v) is 6.28. The molecule has 1 amide bonds. The van der Waals surface area contributed by atoms with E-state index in [-0.39, 0.29) is 12.5 Å². The summed E-state index contributed by atoms with van der Waals surface area (Å²) in [5, 5.41) is 11.4. The number of carbonyl (C=O) groups excluding carboxylic acids is 1. The van der Waals surface area contributed by atoms with E-state index in [1.165, 1.54) is 0 Å². The minimum Gasteiger partial charge on any atom is -0.384 e. The van der Waals surface area contributed by atoms with Gasteiger partial charge in [-0.25, -0.2) is 4.98 Å². The molecule has 0 aliphatic heterocycles. The van der Waals surface area contributed by atoms with Crippen molar-refractivity contribution in [2.24, 2.45) is 0 Å². The maximum atomic E-state index is 12.1. The summed E-state index contributed by atoms with van der Waals surface area (Å²) in [6.07, 6.45) is 1.85. The topological polar surface area (TPSA) is 67.2 Å². The Morgan fingerprint density at radius 2 is 2.25 bits per heavy atom. The molecule has 2 N–H and O–H groups in total. The van der Waals surface area contributed by atoms with Gasteiger partial charge in [-0.2, -0.15) is 0 Å². The fourth-order valence-corrected chi connectivity index (χ4v) is 1.78. The highest BCUT2D eigenvalue weighted by atomic mass is 16.2. The molecule has 0 bridgehead atoms. The van der Waals surface area contributed by atoms with E-state index >= 15 is 0 Å². The molecule has 2 aromatic rings. The van der Waals surface area contributed by atoms with Gasteiger partial charge in [-0.3, -0.25) is 4.79 Å². The van der Waals surface area contributed by atoms with E-state index in [0.29, 0.717) is 17.2 Å². The molecule has 0 aliphatic rings. The Bertz CT molecular complexity index is 665.